The summed E-state index contributed by atoms with van der Waals surface area (Å²) in [6, 6.07) is 21.3. The number of rotatable bonds is 7. The average molecular weight is 859 g/mol. The van der Waals surface area contributed by atoms with Crippen LogP contribution in [0.2, 0.25) is 0 Å². The molecule has 1 amide bonds. The lowest BCUT2D eigenvalue weighted by Gasteiger charge is -2.22. The number of halogens is 8. The Morgan fingerprint density at radius 2 is 1.15 bits per heavy atom. The predicted octanol–water partition coefficient (Wildman–Crippen LogP) is 10.8. The van der Waals surface area contributed by atoms with Crippen molar-refractivity contribution in [2.75, 3.05) is 11.5 Å². The predicted molar refractivity (Wildman–Crippen MR) is 216 cm³/mol. The Labute approximate surface area is 348 Å². The number of aromatic nitrogens is 5. The first-order chi connectivity index (χ1) is 29.2. The van der Waals surface area contributed by atoms with Crippen molar-refractivity contribution in [3.63, 3.8) is 0 Å². The summed E-state index contributed by atoms with van der Waals surface area (Å²) in [5, 5.41) is 2.65. The van der Waals surface area contributed by atoms with Crippen LogP contribution in [0.1, 0.15) is 42.4 Å². The van der Waals surface area contributed by atoms with Crippen molar-refractivity contribution >= 4 is 17.5 Å². The lowest BCUT2D eigenvalue weighted by Crippen LogP contribution is -2.40. The molecule has 0 aliphatic heterocycles. The minimum atomic E-state index is -4.63. The van der Waals surface area contributed by atoms with Crippen LogP contribution in [0.15, 0.2) is 122 Å². The van der Waals surface area contributed by atoms with Crippen LogP contribution in [0.25, 0.3) is 44.8 Å². The smallest absolute Gasteiger partial charge is 0.433 e. The molecule has 0 unspecified atom stereocenters. The monoisotopic (exact) mass is 858 g/mol. The summed E-state index contributed by atoms with van der Waals surface area (Å²) in [6.07, 6.45) is -3.93. The zero-order chi connectivity index (χ0) is 45.0. The molecule has 0 bridgehead atoms. The van der Waals surface area contributed by atoms with Crippen LogP contribution in [0.5, 0.6) is 11.6 Å². The van der Waals surface area contributed by atoms with Gasteiger partial charge in [0, 0.05) is 33.9 Å². The van der Waals surface area contributed by atoms with Crippen molar-refractivity contribution in [2.24, 2.45) is 0 Å². The third-order valence-corrected chi connectivity index (χ3v) is 8.65. The van der Waals surface area contributed by atoms with E-state index in [-0.39, 0.29) is 56.8 Å². The third kappa shape index (κ3) is 10.8. The van der Waals surface area contributed by atoms with Crippen molar-refractivity contribution in [1.29, 1.82) is 0 Å². The summed E-state index contributed by atoms with van der Waals surface area (Å²) in [5.41, 5.74) is 10.4. The molecule has 4 aromatic carbocycles. The van der Waals surface area contributed by atoms with Gasteiger partial charge in [0.15, 0.2) is 0 Å². The van der Waals surface area contributed by atoms with E-state index in [1.807, 2.05) is 0 Å². The number of hydrogen-bond donors (Lipinski definition) is 3. The number of alkyl halides is 6. The number of ether oxygens (including phenoxy) is 1. The standard InChI is InChI=1S/C22H14F4N4O.C22H20F4N4O/c23-16-10-13(8-9-15(16)17-11-29-20(27)12-28-17)14-4-1-2-5-18(14)31-21-7-3-6-19(30-21)22(24,25)26;1-21(2,3)30-20(31)16-9-13(22(24,25)26)5-7-14(16)12-4-6-15(17(23)8-12)18-10-29-19(27)11-28-18/h1-12H,(H2,27,29);4-11H,1-3H3,(H2,27,29)(H,30,31). The molecule has 0 spiro atoms. The number of nitrogen functional groups attached to an aromatic ring is 2. The summed E-state index contributed by atoms with van der Waals surface area (Å²) in [4.78, 5) is 32.1. The molecule has 18 heteroatoms. The summed E-state index contributed by atoms with van der Waals surface area (Å²) >= 11 is 0. The molecule has 0 radical (unpaired) electrons. The first-order valence-corrected chi connectivity index (χ1v) is 18.3. The maximum absolute atomic E-state index is 14.8. The molecule has 0 atom stereocenters. The number of nitrogens with one attached hydrogen (secondary N) is 1. The lowest BCUT2D eigenvalue weighted by molar-refractivity contribution is -0.141. The molecule has 7 rings (SSSR count). The van der Waals surface area contributed by atoms with Gasteiger partial charge < -0.3 is 21.5 Å². The van der Waals surface area contributed by atoms with Crippen LogP contribution in [-0.2, 0) is 12.4 Å². The number of nitrogens with two attached hydrogens (primary N) is 2. The van der Waals surface area contributed by atoms with E-state index in [4.69, 9.17) is 16.2 Å². The van der Waals surface area contributed by atoms with Gasteiger partial charge in [0.2, 0.25) is 5.88 Å². The normalized spacial score (nSPS) is 11.7. The molecule has 318 valence electrons. The molecule has 3 heterocycles. The van der Waals surface area contributed by atoms with E-state index in [9.17, 15) is 39.9 Å². The summed E-state index contributed by atoms with van der Waals surface area (Å²) in [5.74, 6) is -1.51. The van der Waals surface area contributed by atoms with Crippen molar-refractivity contribution in [3.8, 4) is 56.4 Å². The van der Waals surface area contributed by atoms with Gasteiger partial charge in [-0.15, -0.1) is 0 Å². The number of anilines is 2. The van der Waals surface area contributed by atoms with E-state index < -0.39 is 46.7 Å². The molecule has 3 aromatic heterocycles. The number of carbonyl (C=O) groups excluding carboxylic acids is 1. The summed E-state index contributed by atoms with van der Waals surface area (Å²) in [6.45, 7) is 5.13. The SMILES string of the molecule is CC(C)(C)NC(=O)c1cc(C(F)(F)F)ccc1-c1ccc(-c2cnc(N)cn2)c(F)c1.Nc1cnc(-c2ccc(-c3ccccc3Oc3cccc(C(F)(F)F)n3)cc2F)cn1. The Bertz CT molecular complexity index is 2720. The Morgan fingerprint density at radius 3 is 1.65 bits per heavy atom. The number of nitrogens with zero attached hydrogens (tertiary/aromatic N) is 5. The highest BCUT2D eigenvalue weighted by Gasteiger charge is 2.34. The van der Waals surface area contributed by atoms with Crippen molar-refractivity contribution in [2.45, 2.75) is 38.7 Å². The zero-order valence-corrected chi connectivity index (χ0v) is 32.8. The molecule has 0 aliphatic rings. The average Bonchev–Trinajstić information content (AvgIpc) is 3.21. The number of para-hydroxylation sites is 1. The molecule has 0 saturated carbocycles. The first-order valence-electron chi connectivity index (χ1n) is 18.3. The highest BCUT2D eigenvalue weighted by atomic mass is 19.4. The number of benzene rings is 4. The van der Waals surface area contributed by atoms with Crippen LogP contribution in [0.4, 0.5) is 46.8 Å². The second-order valence-electron chi connectivity index (χ2n) is 14.5. The Kier molecular flexibility index (Phi) is 12.5. The fraction of sp³-hybridized carbons (Fsp3) is 0.136. The van der Waals surface area contributed by atoms with E-state index >= 15 is 0 Å². The van der Waals surface area contributed by atoms with Gasteiger partial charge in [-0.3, -0.25) is 14.8 Å². The Hall–Kier alpha value is -7.50. The highest BCUT2D eigenvalue weighted by molar-refractivity contribution is 6.01. The van der Waals surface area contributed by atoms with Crippen LogP contribution >= 0.6 is 0 Å². The van der Waals surface area contributed by atoms with Crippen LogP contribution < -0.4 is 21.5 Å². The van der Waals surface area contributed by atoms with Crippen LogP contribution in [0.3, 0.4) is 0 Å². The maximum Gasteiger partial charge on any atom is 0.433 e. The number of pyridine rings is 1. The highest BCUT2D eigenvalue weighted by Crippen LogP contribution is 2.37. The van der Waals surface area contributed by atoms with Crippen molar-refractivity contribution in [3.05, 3.63) is 150 Å². The van der Waals surface area contributed by atoms with E-state index in [0.29, 0.717) is 16.8 Å². The van der Waals surface area contributed by atoms with Crippen molar-refractivity contribution in [1.82, 2.24) is 30.2 Å². The zero-order valence-electron chi connectivity index (χ0n) is 32.8. The molecule has 0 fully saturated rings. The summed E-state index contributed by atoms with van der Waals surface area (Å²) in [7, 11) is 0. The Balaban J connectivity index is 0.000000207. The molecule has 0 saturated heterocycles. The van der Waals surface area contributed by atoms with Gasteiger partial charge in [-0.05, 0) is 86.0 Å². The van der Waals surface area contributed by atoms with Crippen molar-refractivity contribution < 1.29 is 44.7 Å². The van der Waals surface area contributed by atoms with Crippen LogP contribution in [0, 0.1) is 11.6 Å². The number of carbonyl (C=O) groups is 1. The molecule has 5 N–H and O–H groups in total. The van der Waals surface area contributed by atoms with Gasteiger partial charge in [-0.25, -0.2) is 23.7 Å². The number of hydrogen-bond acceptors (Lipinski definition) is 9. The molecule has 10 nitrogen and oxygen atoms in total. The van der Waals surface area contributed by atoms with Gasteiger partial charge >= 0.3 is 12.4 Å². The van der Waals surface area contributed by atoms with E-state index in [1.54, 1.807) is 51.1 Å². The quantitative estimate of drug-likeness (QED) is 0.133. The molecular weight excluding hydrogens is 825 g/mol. The second kappa shape index (κ2) is 17.6. The van der Waals surface area contributed by atoms with Gasteiger partial charge in [0.1, 0.15) is 34.7 Å². The van der Waals surface area contributed by atoms with E-state index in [0.717, 1.165) is 30.3 Å². The largest absolute Gasteiger partial charge is 0.438 e. The third-order valence-electron chi connectivity index (χ3n) is 8.65. The fourth-order valence-corrected chi connectivity index (χ4v) is 5.84. The molecule has 0 aliphatic carbocycles. The van der Waals surface area contributed by atoms with Crippen LogP contribution in [-0.4, -0.2) is 36.4 Å². The second-order valence-corrected chi connectivity index (χ2v) is 14.5. The minimum Gasteiger partial charge on any atom is -0.438 e. The fourth-order valence-electron chi connectivity index (χ4n) is 5.84. The molecule has 7 aromatic rings. The van der Waals surface area contributed by atoms with Gasteiger partial charge in [-0.1, -0.05) is 42.5 Å². The van der Waals surface area contributed by atoms with E-state index in [1.165, 1.54) is 61.2 Å². The Morgan fingerprint density at radius 1 is 0.597 bits per heavy atom. The lowest BCUT2D eigenvalue weighted by atomic mass is 9.94. The minimum absolute atomic E-state index is 0.142. The van der Waals surface area contributed by atoms with Gasteiger partial charge in [-0.2, -0.15) is 26.3 Å². The number of amides is 1. The molecular formula is C44H34F8N8O2. The van der Waals surface area contributed by atoms with E-state index in [2.05, 4.69) is 30.2 Å². The topological polar surface area (TPSA) is 155 Å². The molecule has 62 heavy (non-hydrogen) atoms. The summed E-state index contributed by atoms with van der Waals surface area (Å²) < 4.78 is 114. The van der Waals surface area contributed by atoms with Gasteiger partial charge in [0.05, 0.1) is 41.7 Å². The van der Waals surface area contributed by atoms with Gasteiger partial charge in [0.25, 0.3) is 5.91 Å². The first kappa shape index (κ1) is 44.1. The maximum atomic E-state index is 14.8.